The van der Waals surface area contributed by atoms with Crippen molar-refractivity contribution in [3.8, 4) is 11.1 Å². The van der Waals surface area contributed by atoms with E-state index in [4.69, 9.17) is 4.74 Å². The third-order valence-electron chi connectivity index (χ3n) is 5.27. The third-order valence-corrected chi connectivity index (χ3v) is 5.27. The van der Waals surface area contributed by atoms with Crippen molar-refractivity contribution in [2.24, 2.45) is 5.92 Å². The Morgan fingerprint density at radius 2 is 1.69 bits per heavy atom. The molecule has 1 aliphatic rings. The monoisotopic (exact) mass is 353 g/mol. The van der Waals surface area contributed by atoms with Gasteiger partial charge < -0.3 is 15.2 Å². The van der Waals surface area contributed by atoms with Gasteiger partial charge in [-0.2, -0.15) is 0 Å². The van der Waals surface area contributed by atoms with E-state index in [0.29, 0.717) is 6.61 Å². The first-order valence-electron chi connectivity index (χ1n) is 9.38. The van der Waals surface area contributed by atoms with Crippen LogP contribution in [0.5, 0.6) is 0 Å². The molecule has 0 heterocycles. The van der Waals surface area contributed by atoms with Gasteiger partial charge in [0.15, 0.2) is 0 Å². The van der Waals surface area contributed by atoms with E-state index < -0.39 is 6.09 Å². The smallest absolute Gasteiger partial charge is 0.407 e. The minimum absolute atomic E-state index is 0.0498. The van der Waals surface area contributed by atoms with E-state index in [1.807, 2.05) is 31.2 Å². The van der Waals surface area contributed by atoms with E-state index in [-0.39, 0.29) is 24.5 Å². The summed E-state index contributed by atoms with van der Waals surface area (Å²) in [4.78, 5) is 12.3. The molecule has 2 atom stereocenters. The van der Waals surface area contributed by atoms with Gasteiger partial charge in [-0.25, -0.2) is 4.79 Å². The van der Waals surface area contributed by atoms with E-state index in [1.165, 1.54) is 22.3 Å². The second kappa shape index (κ2) is 8.37. The molecule has 3 rings (SSSR count). The van der Waals surface area contributed by atoms with Crippen molar-refractivity contribution in [2.75, 3.05) is 13.2 Å². The van der Waals surface area contributed by atoms with Crippen molar-refractivity contribution in [1.82, 2.24) is 5.32 Å². The van der Waals surface area contributed by atoms with Gasteiger partial charge in [0.25, 0.3) is 0 Å². The van der Waals surface area contributed by atoms with Crippen LogP contribution in [-0.4, -0.2) is 30.5 Å². The van der Waals surface area contributed by atoms with Crippen LogP contribution in [0.4, 0.5) is 4.79 Å². The van der Waals surface area contributed by atoms with Gasteiger partial charge >= 0.3 is 6.09 Å². The van der Waals surface area contributed by atoms with Gasteiger partial charge in [0, 0.05) is 5.92 Å². The predicted octanol–water partition coefficient (Wildman–Crippen LogP) is 4.32. The van der Waals surface area contributed by atoms with E-state index in [0.717, 1.165) is 12.8 Å². The fraction of sp³-hybridized carbons (Fsp3) is 0.409. The lowest BCUT2D eigenvalue weighted by Gasteiger charge is -2.23. The molecular formula is C22H27NO3. The maximum Gasteiger partial charge on any atom is 0.407 e. The second-order valence-electron chi connectivity index (χ2n) is 7.02. The van der Waals surface area contributed by atoms with Crippen molar-refractivity contribution >= 4 is 6.09 Å². The van der Waals surface area contributed by atoms with Gasteiger partial charge in [0.2, 0.25) is 0 Å². The molecule has 0 aliphatic heterocycles. The summed E-state index contributed by atoms with van der Waals surface area (Å²) >= 11 is 0. The number of carbonyl (C=O) groups excluding carboxylic acids is 1. The van der Waals surface area contributed by atoms with E-state index in [1.54, 1.807) is 0 Å². The number of benzene rings is 2. The number of fused-ring (bicyclic) bond motifs is 3. The quantitative estimate of drug-likeness (QED) is 0.779. The molecule has 0 bridgehead atoms. The molecule has 2 aromatic carbocycles. The Morgan fingerprint density at radius 3 is 2.23 bits per heavy atom. The van der Waals surface area contributed by atoms with E-state index >= 15 is 0 Å². The van der Waals surface area contributed by atoms with Crippen LogP contribution in [0.2, 0.25) is 0 Å². The number of ether oxygens (including phenoxy) is 1. The summed E-state index contributed by atoms with van der Waals surface area (Å²) in [6.07, 6.45) is 1.51. The highest BCUT2D eigenvalue weighted by atomic mass is 16.5. The van der Waals surface area contributed by atoms with Crippen LogP contribution in [-0.2, 0) is 4.74 Å². The van der Waals surface area contributed by atoms with E-state index in [9.17, 15) is 9.90 Å². The molecule has 138 valence electrons. The van der Waals surface area contributed by atoms with Gasteiger partial charge in [-0.1, -0.05) is 68.8 Å². The Kier molecular flexibility index (Phi) is 5.94. The summed E-state index contributed by atoms with van der Waals surface area (Å²) in [7, 11) is 0. The maximum atomic E-state index is 12.3. The van der Waals surface area contributed by atoms with E-state index in [2.05, 4.69) is 36.5 Å². The molecule has 4 nitrogen and oxygen atoms in total. The fourth-order valence-electron chi connectivity index (χ4n) is 3.82. The summed E-state index contributed by atoms with van der Waals surface area (Å²) < 4.78 is 5.54. The molecule has 0 radical (unpaired) electrons. The van der Waals surface area contributed by atoms with Crippen LogP contribution in [0, 0.1) is 5.92 Å². The van der Waals surface area contributed by atoms with Crippen molar-refractivity contribution < 1.29 is 14.6 Å². The van der Waals surface area contributed by atoms with Crippen LogP contribution < -0.4 is 5.32 Å². The molecule has 0 spiro atoms. The zero-order valence-electron chi connectivity index (χ0n) is 15.4. The molecule has 0 fully saturated rings. The van der Waals surface area contributed by atoms with Crippen LogP contribution in [0.25, 0.3) is 11.1 Å². The lowest BCUT2D eigenvalue weighted by atomic mass is 9.97. The molecule has 4 heteroatoms. The highest BCUT2D eigenvalue weighted by molar-refractivity contribution is 5.79. The van der Waals surface area contributed by atoms with Gasteiger partial charge in [-0.3, -0.25) is 0 Å². The normalized spacial score (nSPS) is 15.0. The summed E-state index contributed by atoms with van der Waals surface area (Å²) in [5.41, 5.74) is 4.81. The van der Waals surface area contributed by atoms with Gasteiger partial charge in [0.1, 0.15) is 6.61 Å². The van der Waals surface area contributed by atoms with Crippen LogP contribution in [0.3, 0.4) is 0 Å². The lowest BCUT2D eigenvalue weighted by molar-refractivity contribution is 0.124. The molecule has 2 aromatic rings. The molecule has 0 saturated heterocycles. The Morgan fingerprint density at radius 1 is 1.12 bits per heavy atom. The minimum atomic E-state index is -0.464. The molecule has 1 aliphatic carbocycles. The zero-order chi connectivity index (χ0) is 18.5. The molecular weight excluding hydrogens is 326 g/mol. The lowest BCUT2D eigenvalue weighted by Crippen LogP contribution is -2.42. The summed E-state index contributed by atoms with van der Waals surface area (Å²) in [5, 5.41) is 12.4. The van der Waals surface area contributed by atoms with Crippen LogP contribution >= 0.6 is 0 Å². The number of hydrogen-bond donors (Lipinski definition) is 2. The second-order valence-corrected chi connectivity index (χ2v) is 7.02. The van der Waals surface area contributed by atoms with Crippen molar-refractivity contribution in [3.05, 3.63) is 59.7 Å². The number of nitrogens with one attached hydrogen (secondary N) is 1. The van der Waals surface area contributed by atoms with Crippen molar-refractivity contribution in [1.29, 1.82) is 0 Å². The SMILES string of the molecule is CCCC(C)C(CO)NC(=O)OCC1c2ccccc2-c2ccccc21. The average Bonchev–Trinajstić information content (AvgIpc) is 2.98. The third kappa shape index (κ3) is 3.75. The predicted molar refractivity (Wildman–Crippen MR) is 103 cm³/mol. The average molecular weight is 353 g/mol. The standard InChI is InChI=1S/C22H27NO3/c1-3-8-15(2)21(13-24)23-22(25)26-14-20-18-11-6-4-9-16(18)17-10-5-7-12-19(17)20/h4-7,9-12,15,20-21,24H,3,8,13-14H2,1-2H3,(H,23,25). The molecule has 0 aromatic heterocycles. The maximum absolute atomic E-state index is 12.3. The highest BCUT2D eigenvalue weighted by Crippen LogP contribution is 2.44. The number of amides is 1. The number of hydrogen-bond acceptors (Lipinski definition) is 3. The Bertz CT molecular complexity index is 713. The number of aliphatic hydroxyl groups excluding tert-OH is 1. The number of aliphatic hydroxyl groups is 1. The van der Waals surface area contributed by atoms with Gasteiger partial charge in [0.05, 0.1) is 12.6 Å². The Balaban J connectivity index is 1.67. The van der Waals surface area contributed by atoms with Crippen molar-refractivity contribution in [3.63, 3.8) is 0 Å². The number of rotatable bonds is 7. The molecule has 26 heavy (non-hydrogen) atoms. The number of alkyl carbamates (subject to hydrolysis) is 1. The molecule has 1 amide bonds. The minimum Gasteiger partial charge on any atom is -0.449 e. The number of carbonyl (C=O) groups is 1. The molecule has 2 N–H and O–H groups in total. The summed E-state index contributed by atoms with van der Waals surface area (Å²) in [6.45, 7) is 4.35. The first-order chi connectivity index (χ1) is 12.7. The first kappa shape index (κ1) is 18.5. The largest absolute Gasteiger partial charge is 0.449 e. The zero-order valence-corrected chi connectivity index (χ0v) is 15.4. The highest BCUT2D eigenvalue weighted by Gasteiger charge is 2.29. The molecule has 2 unspecified atom stereocenters. The van der Waals surface area contributed by atoms with Gasteiger partial charge in [-0.15, -0.1) is 0 Å². The van der Waals surface area contributed by atoms with Gasteiger partial charge in [-0.05, 0) is 34.6 Å². The fourth-order valence-corrected chi connectivity index (χ4v) is 3.82. The first-order valence-corrected chi connectivity index (χ1v) is 9.38. The van der Waals surface area contributed by atoms with Crippen LogP contribution in [0.15, 0.2) is 48.5 Å². The van der Waals surface area contributed by atoms with Crippen molar-refractivity contribution in [2.45, 2.75) is 38.6 Å². The summed E-state index contributed by atoms with van der Waals surface area (Å²) in [6, 6.07) is 16.3. The molecule has 0 saturated carbocycles. The summed E-state index contributed by atoms with van der Waals surface area (Å²) in [5.74, 6) is 0.263. The Labute approximate surface area is 155 Å². The topological polar surface area (TPSA) is 58.6 Å². The van der Waals surface area contributed by atoms with Crippen LogP contribution in [0.1, 0.15) is 43.7 Å². The Hall–Kier alpha value is -2.33.